The zero-order valence-corrected chi connectivity index (χ0v) is 15.8. The molecule has 9 nitrogen and oxygen atoms in total. The Morgan fingerprint density at radius 3 is 2.73 bits per heavy atom. The second-order valence-electron chi connectivity index (χ2n) is 6.86. The summed E-state index contributed by atoms with van der Waals surface area (Å²) in [4.78, 5) is 35.5. The first-order valence-corrected chi connectivity index (χ1v) is 10.2. The summed E-state index contributed by atoms with van der Waals surface area (Å²) in [5, 5.41) is 6.88. The van der Waals surface area contributed by atoms with Gasteiger partial charge in [0.15, 0.2) is 0 Å². The van der Waals surface area contributed by atoms with E-state index in [4.69, 9.17) is 17.3 Å². The zero-order chi connectivity index (χ0) is 19.1. The van der Waals surface area contributed by atoms with Crippen LogP contribution in [-0.4, -0.2) is 58.5 Å². The summed E-state index contributed by atoms with van der Waals surface area (Å²) in [5.74, 6) is 5.60. The normalized spacial score (nSPS) is 25.3. The number of nitrogens with one attached hydrogen (secondary N) is 2. The van der Waals surface area contributed by atoms with Crippen molar-refractivity contribution >= 4 is 29.6 Å². The van der Waals surface area contributed by atoms with Gasteiger partial charge >= 0.3 is 6.03 Å². The van der Waals surface area contributed by atoms with E-state index in [2.05, 4.69) is 10.6 Å². The van der Waals surface area contributed by atoms with Gasteiger partial charge in [0, 0.05) is 17.4 Å². The predicted molar refractivity (Wildman–Crippen MR) is 101 cm³/mol. The summed E-state index contributed by atoms with van der Waals surface area (Å²) >= 11 is 1.84. The zero-order valence-electron chi connectivity index (χ0n) is 15.0. The standard InChI is InChI=1S/C16H30N6O3S/c17-8-4-3-5-10(18)15(24)22(19)13(23)7-2-1-6-12-14-11(9-26-12)20-16(25)21-14/h10-12,14H,1-9,17-19H2,(H2,20,21,25)/t10-,11-,12-,14-/m0/s1. The number of hydrogen-bond acceptors (Lipinski definition) is 7. The molecule has 10 heteroatoms. The molecule has 0 aromatic heterocycles. The fourth-order valence-corrected chi connectivity index (χ4v) is 4.86. The van der Waals surface area contributed by atoms with Gasteiger partial charge < -0.3 is 22.1 Å². The molecule has 2 fully saturated rings. The van der Waals surface area contributed by atoms with Crippen LogP contribution in [0.5, 0.6) is 0 Å². The van der Waals surface area contributed by atoms with Gasteiger partial charge in [-0.3, -0.25) is 9.59 Å². The van der Waals surface area contributed by atoms with Crippen molar-refractivity contribution in [3.8, 4) is 0 Å². The van der Waals surface area contributed by atoms with Gasteiger partial charge in [-0.25, -0.2) is 15.6 Å². The lowest BCUT2D eigenvalue weighted by Crippen LogP contribution is -2.50. The number of rotatable bonds is 10. The van der Waals surface area contributed by atoms with Gasteiger partial charge in [-0.2, -0.15) is 11.8 Å². The SMILES string of the molecule is NCCCC[C@H](N)C(=O)N(N)C(=O)CCCC[C@@H]1SC[C@@H]2NC(=O)N[C@@H]21. The molecule has 2 aliphatic rings. The van der Waals surface area contributed by atoms with Crippen molar-refractivity contribution in [3.63, 3.8) is 0 Å². The number of urea groups is 1. The molecule has 0 saturated carbocycles. The van der Waals surface area contributed by atoms with Crippen molar-refractivity contribution < 1.29 is 14.4 Å². The number of imide groups is 1. The molecular formula is C16H30N6O3S. The molecular weight excluding hydrogens is 356 g/mol. The van der Waals surface area contributed by atoms with Crippen LogP contribution in [0.15, 0.2) is 0 Å². The summed E-state index contributed by atoms with van der Waals surface area (Å²) in [6.45, 7) is 0.548. The maximum atomic E-state index is 12.1. The minimum absolute atomic E-state index is 0.0967. The monoisotopic (exact) mass is 386 g/mol. The highest BCUT2D eigenvalue weighted by Gasteiger charge is 2.42. The number of hydrazine groups is 1. The van der Waals surface area contributed by atoms with E-state index in [-0.39, 0.29) is 24.5 Å². The lowest BCUT2D eigenvalue weighted by Gasteiger charge is -2.19. The summed E-state index contributed by atoms with van der Waals surface area (Å²) in [6.07, 6.45) is 4.62. The number of thioether (sulfide) groups is 1. The Hall–Kier alpha value is -1.36. The summed E-state index contributed by atoms with van der Waals surface area (Å²) in [5.41, 5.74) is 11.2. The molecule has 8 N–H and O–H groups in total. The maximum absolute atomic E-state index is 12.1. The molecule has 0 aromatic rings. The third-order valence-corrected chi connectivity index (χ3v) is 6.37. The van der Waals surface area contributed by atoms with E-state index in [9.17, 15) is 14.4 Å². The first-order valence-electron chi connectivity index (χ1n) is 9.19. The topological polar surface area (TPSA) is 157 Å². The number of nitrogens with two attached hydrogens (primary N) is 3. The highest BCUT2D eigenvalue weighted by atomic mass is 32.2. The predicted octanol–water partition coefficient (Wildman–Crippen LogP) is -0.603. The van der Waals surface area contributed by atoms with Crippen molar-refractivity contribution in [2.24, 2.45) is 17.3 Å². The van der Waals surface area contributed by atoms with E-state index in [1.54, 1.807) is 0 Å². The number of carbonyl (C=O) groups is 3. The molecule has 148 valence electrons. The van der Waals surface area contributed by atoms with E-state index in [0.717, 1.165) is 31.4 Å². The molecule has 2 saturated heterocycles. The van der Waals surface area contributed by atoms with Crippen LogP contribution in [-0.2, 0) is 9.59 Å². The number of nitrogens with zero attached hydrogens (tertiary/aromatic N) is 1. The molecule has 2 aliphatic heterocycles. The maximum Gasteiger partial charge on any atom is 0.315 e. The van der Waals surface area contributed by atoms with Crippen LogP contribution < -0.4 is 27.9 Å². The average molecular weight is 387 g/mol. The highest BCUT2D eigenvalue weighted by Crippen LogP contribution is 2.33. The molecule has 0 spiro atoms. The van der Waals surface area contributed by atoms with E-state index < -0.39 is 17.9 Å². The number of amides is 4. The Balaban J connectivity index is 1.63. The van der Waals surface area contributed by atoms with E-state index in [0.29, 0.717) is 29.6 Å². The van der Waals surface area contributed by atoms with Crippen molar-refractivity contribution in [2.45, 2.75) is 68.3 Å². The molecule has 2 rings (SSSR count). The van der Waals surface area contributed by atoms with E-state index >= 15 is 0 Å². The molecule has 0 aromatic carbocycles. The largest absolute Gasteiger partial charge is 0.332 e. The van der Waals surface area contributed by atoms with Gasteiger partial charge in [-0.1, -0.05) is 12.8 Å². The van der Waals surface area contributed by atoms with E-state index in [1.165, 1.54) is 0 Å². The first-order chi connectivity index (χ1) is 12.4. The Labute approximate surface area is 158 Å². The van der Waals surface area contributed by atoms with Gasteiger partial charge in [0.1, 0.15) is 0 Å². The molecule has 4 amide bonds. The van der Waals surface area contributed by atoms with Gasteiger partial charge in [-0.05, 0) is 32.2 Å². The van der Waals surface area contributed by atoms with E-state index in [1.807, 2.05) is 11.8 Å². The van der Waals surface area contributed by atoms with Gasteiger partial charge in [0.2, 0.25) is 5.91 Å². The third-order valence-electron chi connectivity index (χ3n) is 4.86. The van der Waals surface area contributed by atoms with Crippen LogP contribution in [0.3, 0.4) is 0 Å². The van der Waals surface area contributed by atoms with Crippen molar-refractivity contribution in [1.29, 1.82) is 0 Å². The number of unbranched alkanes of at least 4 members (excludes halogenated alkanes) is 2. The smallest absolute Gasteiger partial charge is 0.315 e. The summed E-state index contributed by atoms with van der Waals surface area (Å²) < 4.78 is 0. The third kappa shape index (κ3) is 5.57. The van der Waals surface area contributed by atoms with Crippen LogP contribution in [0.1, 0.15) is 44.9 Å². The summed E-state index contributed by atoms with van der Waals surface area (Å²) in [7, 11) is 0. The van der Waals surface area contributed by atoms with Crippen LogP contribution in [0, 0.1) is 0 Å². The fraction of sp³-hybridized carbons (Fsp3) is 0.812. The molecule has 0 unspecified atom stereocenters. The van der Waals surface area contributed by atoms with Crippen LogP contribution in [0.2, 0.25) is 0 Å². The first kappa shape index (κ1) is 20.9. The second-order valence-corrected chi connectivity index (χ2v) is 8.13. The molecule has 4 atom stereocenters. The molecule has 2 heterocycles. The van der Waals surface area contributed by atoms with Crippen LogP contribution in [0.25, 0.3) is 0 Å². The number of fused-ring (bicyclic) bond motifs is 1. The lowest BCUT2D eigenvalue weighted by atomic mass is 10.0. The van der Waals surface area contributed by atoms with Crippen LogP contribution in [0.4, 0.5) is 4.79 Å². The average Bonchev–Trinajstić information content (AvgIpc) is 3.16. The van der Waals surface area contributed by atoms with Gasteiger partial charge in [-0.15, -0.1) is 0 Å². The van der Waals surface area contributed by atoms with Gasteiger partial charge in [0.25, 0.3) is 5.91 Å². The van der Waals surface area contributed by atoms with Crippen molar-refractivity contribution in [3.05, 3.63) is 0 Å². The highest BCUT2D eigenvalue weighted by molar-refractivity contribution is 8.00. The number of hydrogen-bond donors (Lipinski definition) is 5. The Kier molecular flexibility index (Phi) is 8.14. The molecule has 0 bridgehead atoms. The minimum atomic E-state index is -0.763. The Morgan fingerprint density at radius 2 is 2.00 bits per heavy atom. The summed E-state index contributed by atoms with van der Waals surface area (Å²) in [6, 6.07) is -0.485. The molecule has 0 aliphatic carbocycles. The second kappa shape index (κ2) is 10.1. The number of carbonyl (C=O) groups excluding carboxylic acids is 3. The van der Waals surface area contributed by atoms with Gasteiger partial charge in [0.05, 0.1) is 18.1 Å². The quantitative estimate of drug-likeness (QED) is 0.110. The molecule has 0 radical (unpaired) electrons. The minimum Gasteiger partial charge on any atom is -0.332 e. The van der Waals surface area contributed by atoms with Crippen molar-refractivity contribution in [1.82, 2.24) is 15.6 Å². The Morgan fingerprint density at radius 1 is 1.23 bits per heavy atom. The Bertz CT molecular complexity index is 520. The van der Waals surface area contributed by atoms with Crippen molar-refractivity contribution in [2.75, 3.05) is 12.3 Å². The lowest BCUT2D eigenvalue weighted by molar-refractivity contribution is -0.146. The van der Waals surface area contributed by atoms with Crippen LogP contribution >= 0.6 is 11.8 Å². The fourth-order valence-electron chi connectivity index (χ4n) is 3.32. The molecule has 26 heavy (non-hydrogen) atoms.